The topological polar surface area (TPSA) is 32.3 Å². The fourth-order valence-corrected chi connectivity index (χ4v) is 2.61. The van der Waals surface area contributed by atoms with E-state index in [0.29, 0.717) is 5.75 Å². The summed E-state index contributed by atoms with van der Waals surface area (Å²) in [5.74, 6) is 1.43. The Bertz CT molecular complexity index is 349. The van der Waals surface area contributed by atoms with Crippen LogP contribution in [-0.2, 0) is 0 Å². The average molecular weight is 209 g/mol. The molecule has 0 saturated carbocycles. The number of benzene rings is 1. The van der Waals surface area contributed by atoms with Crippen LogP contribution in [-0.4, -0.2) is 17.4 Å². The van der Waals surface area contributed by atoms with E-state index < -0.39 is 0 Å². The minimum Gasteiger partial charge on any atom is -0.506 e. The molecule has 14 heavy (non-hydrogen) atoms. The van der Waals surface area contributed by atoms with Crippen molar-refractivity contribution in [2.75, 3.05) is 17.6 Å². The van der Waals surface area contributed by atoms with E-state index in [2.05, 4.69) is 19.2 Å². The summed E-state index contributed by atoms with van der Waals surface area (Å²) in [5.41, 5.74) is 1.17. The number of para-hydroxylation sites is 1. The number of phenolic OH excluding ortho intramolecular Hbond substituents is 1. The highest BCUT2D eigenvalue weighted by Gasteiger charge is 2.23. The van der Waals surface area contributed by atoms with Gasteiger partial charge >= 0.3 is 0 Å². The van der Waals surface area contributed by atoms with Gasteiger partial charge in [0.05, 0.1) is 5.69 Å². The standard InChI is InChI=1S/C11H15NOS/c1-11(2)6-12-10-8(13)4-3-5-9(10)14-7-11/h3-5,12-13H,6-7H2,1-2H3. The molecule has 2 nitrogen and oxygen atoms in total. The third-order valence-electron chi connectivity index (χ3n) is 2.37. The van der Waals surface area contributed by atoms with Gasteiger partial charge in [-0.1, -0.05) is 19.9 Å². The van der Waals surface area contributed by atoms with Crippen molar-refractivity contribution in [2.45, 2.75) is 18.7 Å². The molecule has 0 fully saturated rings. The van der Waals surface area contributed by atoms with Crippen LogP contribution in [0.5, 0.6) is 5.75 Å². The molecule has 1 aliphatic heterocycles. The first-order valence-electron chi connectivity index (χ1n) is 4.77. The monoisotopic (exact) mass is 209 g/mol. The molecule has 2 rings (SSSR count). The summed E-state index contributed by atoms with van der Waals surface area (Å²) < 4.78 is 0. The second-order valence-electron chi connectivity index (χ2n) is 4.46. The van der Waals surface area contributed by atoms with E-state index in [1.54, 1.807) is 6.07 Å². The summed E-state index contributed by atoms with van der Waals surface area (Å²) in [4.78, 5) is 1.15. The van der Waals surface area contributed by atoms with Crippen molar-refractivity contribution in [3.63, 3.8) is 0 Å². The van der Waals surface area contributed by atoms with Crippen molar-refractivity contribution in [3.8, 4) is 5.75 Å². The molecule has 0 aliphatic carbocycles. The van der Waals surface area contributed by atoms with Crippen molar-refractivity contribution in [2.24, 2.45) is 5.41 Å². The Hall–Kier alpha value is -0.830. The Morgan fingerprint density at radius 3 is 3.00 bits per heavy atom. The van der Waals surface area contributed by atoms with E-state index in [4.69, 9.17) is 0 Å². The summed E-state index contributed by atoms with van der Waals surface area (Å²) in [6, 6.07) is 5.67. The van der Waals surface area contributed by atoms with Crippen molar-refractivity contribution in [1.82, 2.24) is 0 Å². The van der Waals surface area contributed by atoms with Crippen LogP contribution in [0.3, 0.4) is 0 Å². The molecule has 0 spiro atoms. The van der Waals surface area contributed by atoms with Crippen LogP contribution in [0.1, 0.15) is 13.8 Å². The lowest BCUT2D eigenvalue weighted by atomic mass is 9.96. The van der Waals surface area contributed by atoms with Crippen LogP contribution in [0.25, 0.3) is 0 Å². The first-order valence-corrected chi connectivity index (χ1v) is 5.76. The molecule has 0 bridgehead atoms. The van der Waals surface area contributed by atoms with Crippen molar-refractivity contribution < 1.29 is 5.11 Å². The van der Waals surface area contributed by atoms with Gasteiger partial charge in [0.25, 0.3) is 0 Å². The largest absolute Gasteiger partial charge is 0.506 e. The maximum Gasteiger partial charge on any atom is 0.139 e. The molecule has 2 N–H and O–H groups in total. The van der Waals surface area contributed by atoms with Gasteiger partial charge in [-0.25, -0.2) is 0 Å². The van der Waals surface area contributed by atoms with Crippen molar-refractivity contribution >= 4 is 17.4 Å². The maximum absolute atomic E-state index is 9.68. The number of hydrogen-bond acceptors (Lipinski definition) is 3. The molecular weight excluding hydrogens is 194 g/mol. The summed E-state index contributed by atoms with van der Waals surface area (Å²) >= 11 is 1.81. The lowest BCUT2D eigenvalue weighted by Crippen LogP contribution is -2.23. The van der Waals surface area contributed by atoms with E-state index in [1.165, 1.54) is 0 Å². The second kappa shape index (κ2) is 3.39. The highest BCUT2D eigenvalue weighted by atomic mass is 32.2. The van der Waals surface area contributed by atoms with Crippen LogP contribution >= 0.6 is 11.8 Å². The van der Waals surface area contributed by atoms with E-state index in [1.807, 2.05) is 23.9 Å². The van der Waals surface area contributed by atoms with Gasteiger partial charge in [-0.05, 0) is 17.5 Å². The molecule has 76 valence electrons. The van der Waals surface area contributed by atoms with Gasteiger partial charge in [-0.15, -0.1) is 11.8 Å². The number of rotatable bonds is 0. The third-order valence-corrected chi connectivity index (χ3v) is 3.94. The number of nitrogens with one attached hydrogen (secondary N) is 1. The summed E-state index contributed by atoms with van der Waals surface area (Å²) in [7, 11) is 0. The second-order valence-corrected chi connectivity index (χ2v) is 5.47. The molecule has 1 aromatic carbocycles. The Balaban J connectivity index is 2.34. The number of phenols is 1. The zero-order valence-electron chi connectivity index (χ0n) is 8.50. The smallest absolute Gasteiger partial charge is 0.139 e. The molecular formula is C11H15NOS. The minimum atomic E-state index is 0.274. The molecule has 0 aromatic heterocycles. The number of hydrogen-bond donors (Lipinski definition) is 2. The minimum absolute atomic E-state index is 0.274. The molecule has 1 aliphatic rings. The number of aromatic hydroxyl groups is 1. The fourth-order valence-electron chi connectivity index (χ4n) is 1.47. The van der Waals surface area contributed by atoms with Crippen LogP contribution in [0.4, 0.5) is 5.69 Å². The van der Waals surface area contributed by atoms with Crippen LogP contribution in [0, 0.1) is 5.41 Å². The van der Waals surface area contributed by atoms with Crippen LogP contribution in [0.2, 0.25) is 0 Å². The molecule has 0 amide bonds. The molecule has 0 saturated heterocycles. The summed E-state index contributed by atoms with van der Waals surface area (Å²) in [6.07, 6.45) is 0. The normalized spacial score (nSPS) is 19.3. The Labute approximate surface area is 88.7 Å². The SMILES string of the molecule is CC1(C)CNc2c(O)cccc2SC1. The average Bonchev–Trinajstić information content (AvgIpc) is 2.27. The van der Waals surface area contributed by atoms with Crippen LogP contribution in [0.15, 0.2) is 23.1 Å². The first-order chi connectivity index (χ1) is 6.58. The molecule has 0 unspecified atom stereocenters. The molecule has 0 radical (unpaired) electrons. The van der Waals surface area contributed by atoms with Gasteiger partial charge in [-0.3, -0.25) is 0 Å². The maximum atomic E-state index is 9.68. The van der Waals surface area contributed by atoms with Crippen molar-refractivity contribution in [3.05, 3.63) is 18.2 Å². The fraction of sp³-hybridized carbons (Fsp3) is 0.455. The third kappa shape index (κ3) is 1.82. The lowest BCUT2D eigenvalue weighted by Gasteiger charge is -2.21. The quantitative estimate of drug-likeness (QED) is 0.644. The number of fused-ring (bicyclic) bond motifs is 1. The highest BCUT2D eigenvalue weighted by molar-refractivity contribution is 7.99. The van der Waals surface area contributed by atoms with Gasteiger partial charge in [0.15, 0.2) is 0 Å². The molecule has 3 heteroatoms. The molecule has 1 heterocycles. The Kier molecular flexibility index (Phi) is 2.35. The lowest BCUT2D eigenvalue weighted by molar-refractivity contribution is 0.451. The summed E-state index contributed by atoms with van der Waals surface area (Å²) in [6.45, 7) is 5.37. The molecule has 0 atom stereocenters. The number of anilines is 1. The summed E-state index contributed by atoms with van der Waals surface area (Å²) in [5, 5.41) is 13.0. The van der Waals surface area contributed by atoms with Gasteiger partial charge in [0.2, 0.25) is 0 Å². The van der Waals surface area contributed by atoms with Crippen molar-refractivity contribution in [1.29, 1.82) is 0 Å². The van der Waals surface area contributed by atoms with E-state index in [0.717, 1.165) is 22.9 Å². The van der Waals surface area contributed by atoms with E-state index >= 15 is 0 Å². The number of thioether (sulfide) groups is 1. The zero-order chi connectivity index (χ0) is 10.2. The van der Waals surface area contributed by atoms with Gasteiger partial charge in [0, 0.05) is 17.2 Å². The van der Waals surface area contributed by atoms with Gasteiger partial charge in [-0.2, -0.15) is 0 Å². The van der Waals surface area contributed by atoms with Gasteiger partial charge in [0.1, 0.15) is 5.75 Å². The Morgan fingerprint density at radius 2 is 2.21 bits per heavy atom. The zero-order valence-corrected chi connectivity index (χ0v) is 9.32. The van der Waals surface area contributed by atoms with Crippen LogP contribution < -0.4 is 5.32 Å². The van der Waals surface area contributed by atoms with E-state index in [-0.39, 0.29) is 5.41 Å². The predicted octanol–water partition coefficient (Wildman–Crippen LogP) is 2.94. The van der Waals surface area contributed by atoms with Gasteiger partial charge < -0.3 is 10.4 Å². The predicted molar refractivity (Wildman–Crippen MR) is 61.1 cm³/mol. The first kappa shape index (κ1) is 9.71. The Morgan fingerprint density at radius 1 is 1.43 bits per heavy atom. The van der Waals surface area contributed by atoms with E-state index in [9.17, 15) is 5.11 Å². The highest BCUT2D eigenvalue weighted by Crippen LogP contribution is 2.40. The molecule has 1 aromatic rings.